The predicted molar refractivity (Wildman–Crippen MR) is 106 cm³/mol. The molecule has 0 bridgehead atoms. The molecule has 0 aliphatic carbocycles. The van der Waals surface area contributed by atoms with Crippen molar-refractivity contribution >= 4 is 29.3 Å². The highest BCUT2D eigenvalue weighted by molar-refractivity contribution is 7.99. The van der Waals surface area contributed by atoms with Crippen LogP contribution >= 0.6 is 11.8 Å². The minimum atomic E-state index is 0.0135. The molecular weight excluding hydrogens is 348 g/mol. The number of likely N-dealkylation sites (tertiary alicyclic amines) is 1. The largest absolute Gasteiger partial charge is 0.353 e. The Hall–Kier alpha value is -1.57. The number of hydrogen-bond acceptors (Lipinski definition) is 5. The predicted octanol–water partition coefficient (Wildman–Crippen LogP) is 1.30. The summed E-state index contributed by atoms with van der Waals surface area (Å²) in [5.41, 5.74) is 0.828. The number of nitrogens with one attached hydrogen (secondary N) is 3. The fourth-order valence-electron chi connectivity index (χ4n) is 3.42. The Balaban J connectivity index is 1.33. The van der Waals surface area contributed by atoms with E-state index < -0.39 is 0 Å². The van der Waals surface area contributed by atoms with Crippen LogP contribution in [0, 0.1) is 0 Å². The molecule has 1 atom stereocenters. The summed E-state index contributed by atoms with van der Waals surface area (Å²) < 4.78 is 0. The molecule has 1 aromatic carbocycles. The van der Waals surface area contributed by atoms with E-state index in [0.29, 0.717) is 19.0 Å². The maximum absolute atomic E-state index is 12.2. The van der Waals surface area contributed by atoms with Crippen molar-refractivity contribution in [2.75, 3.05) is 43.0 Å². The third kappa shape index (κ3) is 6.30. The van der Waals surface area contributed by atoms with Gasteiger partial charge in [-0.1, -0.05) is 18.2 Å². The van der Waals surface area contributed by atoms with Gasteiger partial charge in [0.15, 0.2) is 0 Å². The number of amides is 2. The van der Waals surface area contributed by atoms with Crippen LogP contribution < -0.4 is 16.0 Å². The second kappa shape index (κ2) is 9.94. The highest BCUT2D eigenvalue weighted by atomic mass is 32.2. The molecule has 2 aliphatic heterocycles. The number of rotatable bonds is 6. The van der Waals surface area contributed by atoms with Crippen LogP contribution in [0.5, 0.6) is 0 Å². The molecule has 1 aromatic rings. The van der Waals surface area contributed by atoms with Crippen LogP contribution in [0.15, 0.2) is 30.3 Å². The van der Waals surface area contributed by atoms with Crippen LogP contribution in [0.2, 0.25) is 0 Å². The van der Waals surface area contributed by atoms with Gasteiger partial charge in [0.25, 0.3) is 0 Å². The molecule has 1 unspecified atom stereocenters. The highest BCUT2D eigenvalue weighted by Gasteiger charge is 2.23. The van der Waals surface area contributed by atoms with Crippen molar-refractivity contribution in [3.8, 4) is 0 Å². The Bertz CT molecular complexity index is 584. The summed E-state index contributed by atoms with van der Waals surface area (Å²) in [6.07, 6.45) is 2.36. The average Bonchev–Trinajstić information content (AvgIpc) is 2.65. The molecule has 2 heterocycles. The number of anilines is 1. The van der Waals surface area contributed by atoms with E-state index in [2.05, 4.69) is 20.9 Å². The Kier molecular flexibility index (Phi) is 7.34. The van der Waals surface area contributed by atoms with Gasteiger partial charge in [0.1, 0.15) is 0 Å². The summed E-state index contributed by atoms with van der Waals surface area (Å²) in [5, 5.41) is 9.48. The van der Waals surface area contributed by atoms with Gasteiger partial charge in [-0.05, 0) is 25.0 Å². The van der Waals surface area contributed by atoms with Crippen LogP contribution in [0.25, 0.3) is 0 Å². The molecule has 0 radical (unpaired) electrons. The van der Waals surface area contributed by atoms with Crippen molar-refractivity contribution in [3.05, 3.63) is 30.3 Å². The molecule has 6 nitrogen and oxygen atoms in total. The van der Waals surface area contributed by atoms with E-state index in [4.69, 9.17) is 0 Å². The Morgan fingerprint density at radius 1 is 1.15 bits per heavy atom. The van der Waals surface area contributed by atoms with E-state index in [-0.39, 0.29) is 17.9 Å². The SMILES string of the molecule is O=C(CN1CCC(NC(=O)CC2CSCCN2)CC1)Nc1ccccc1. The van der Waals surface area contributed by atoms with E-state index in [1.807, 2.05) is 42.1 Å². The minimum absolute atomic E-state index is 0.0135. The fraction of sp³-hybridized carbons (Fsp3) is 0.579. The number of nitrogens with zero attached hydrogens (tertiary/aromatic N) is 1. The summed E-state index contributed by atoms with van der Waals surface area (Å²) >= 11 is 1.91. The van der Waals surface area contributed by atoms with E-state index in [0.717, 1.165) is 49.7 Å². The average molecular weight is 377 g/mol. The summed E-state index contributed by atoms with van der Waals surface area (Å²) in [7, 11) is 0. The number of piperidine rings is 1. The number of thioether (sulfide) groups is 1. The maximum Gasteiger partial charge on any atom is 0.238 e. The Morgan fingerprint density at radius 2 is 1.92 bits per heavy atom. The lowest BCUT2D eigenvalue weighted by Gasteiger charge is -2.32. The van der Waals surface area contributed by atoms with E-state index >= 15 is 0 Å². The molecular formula is C19H28N4O2S. The van der Waals surface area contributed by atoms with Crippen molar-refractivity contribution in [1.29, 1.82) is 0 Å². The van der Waals surface area contributed by atoms with Gasteiger partial charge < -0.3 is 16.0 Å². The standard InChI is InChI=1S/C19H28N4O2S/c24-18(12-17-14-26-11-8-20-17)21-16-6-9-23(10-7-16)13-19(25)22-15-4-2-1-3-5-15/h1-5,16-17,20H,6-14H2,(H,21,24)(H,22,25). The van der Waals surface area contributed by atoms with Crippen molar-refractivity contribution in [2.45, 2.75) is 31.3 Å². The van der Waals surface area contributed by atoms with Gasteiger partial charge in [-0.15, -0.1) is 0 Å². The van der Waals surface area contributed by atoms with Gasteiger partial charge in [0.2, 0.25) is 11.8 Å². The second-order valence-corrected chi connectivity index (χ2v) is 8.11. The summed E-state index contributed by atoms with van der Waals surface area (Å²) in [5.74, 6) is 2.31. The second-order valence-electron chi connectivity index (χ2n) is 6.96. The molecule has 2 amide bonds. The van der Waals surface area contributed by atoms with Crippen molar-refractivity contribution in [1.82, 2.24) is 15.5 Å². The lowest BCUT2D eigenvalue weighted by Crippen LogP contribution is -2.48. The van der Waals surface area contributed by atoms with E-state index in [1.54, 1.807) is 0 Å². The Morgan fingerprint density at radius 3 is 2.62 bits per heavy atom. The first-order chi connectivity index (χ1) is 12.7. The molecule has 2 aliphatic rings. The monoisotopic (exact) mass is 376 g/mol. The topological polar surface area (TPSA) is 73.5 Å². The highest BCUT2D eigenvalue weighted by Crippen LogP contribution is 2.13. The van der Waals surface area contributed by atoms with Crippen molar-refractivity contribution in [2.24, 2.45) is 0 Å². The van der Waals surface area contributed by atoms with Crippen LogP contribution in [-0.2, 0) is 9.59 Å². The molecule has 3 rings (SSSR count). The first-order valence-corrected chi connectivity index (χ1v) is 10.5. The first kappa shape index (κ1) is 19.2. The molecule has 3 N–H and O–H groups in total. The van der Waals surface area contributed by atoms with E-state index in [1.165, 1.54) is 0 Å². The lowest BCUT2D eigenvalue weighted by molar-refractivity contribution is -0.123. The number of hydrogen-bond donors (Lipinski definition) is 3. The molecule has 2 saturated heterocycles. The molecule has 2 fully saturated rings. The third-order valence-electron chi connectivity index (χ3n) is 4.81. The smallest absolute Gasteiger partial charge is 0.238 e. The van der Waals surface area contributed by atoms with Gasteiger partial charge in [-0.3, -0.25) is 14.5 Å². The van der Waals surface area contributed by atoms with Crippen molar-refractivity contribution in [3.63, 3.8) is 0 Å². The zero-order valence-corrected chi connectivity index (χ0v) is 15.9. The first-order valence-electron chi connectivity index (χ1n) is 9.37. The summed E-state index contributed by atoms with van der Waals surface area (Å²) in [6.45, 7) is 3.07. The van der Waals surface area contributed by atoms with Crippen LogP contribution in [0.1, 0.15) is 19.3 Å². The quantitative estimate of drug-likeness (QED) is 0.698. The lowest BCUT2D eigenvalue weighted by atomic mass is 10.0. The van der Waals surface area contributed by atoms with Crippen LogP contribution in [0.3, 0.4) is 0 Å². The van der Waals surface area contributed by atoms with Gasteiger partial charge >= 0.3 is 0 Å². The number of benzene rings is 1. The fourth-order valence-corrected chi connectivity index (χ4v) is 4.37. The number of para-hydroxylation sites is 1. The molecule has 0 saturated carbocycles. The molecule has 142 valence electrons. The van der Waals surface area contributed by atoms with Gasteiger partial charge in [-0.2, -0.15) is 11.8 Å². The van der Waals surface area contributed by atoms with Crippen molar-refractivity contribution < 1.29 is 9.59 Å². The van der Waals surface area contributed by atoms with E-state index in [9.17, 15) is 9.59 Å². The third-order valence-corrected chi connectivity index (χ3v) is 5.94. The molecule has 0 spiro atoms. The molecule has 0 aromatic heterocycles. The zero-order valence-electron chi connectivity index (χ0n) is 15.1. The normalized spacial score (nSPS) is 21.9. The van der Waals surface area contributed by atoms with Crippen LogP contribution in [0.4, 0.5) is 5.69 Å². The Labute approximate surface area is 159 Å². The van der Waals surface area contributed by atoms with Gasteiger partial charge in [0.05, 0.1) is 6.54 Å². The maximum atomic E-state index is 12.2. The summed E-state index contributed by atoms with van der Waals surface area (Å²) in [4.78, 5) is 26.5. The molecule has 26 heavy (non-hydrogen) atoms. The van der Waals surface area contributed by atoms with Gasteiger partial charge in [-0.25, -0.2) is 0 Å². The zero-order chi connectivity index (χ0) is 18.2. The summed E-state index contributed by atoms with van der Waals surface area (Å²) in [6, 6.07) is 10.1. The van der Waals surface area contributed by atoms with Crippen LogP contribution in [-0.4, -0.2) is 66.5 Å². The van der Waals surface area contributed by atoms with Gasteiger partial charge in [0, 0.05) is 55.3 Å². The molecule has 7 heteroatoms. The number of carbonyl (C=O) groups excluding carboxylic acids is 2. The number of carbonyl (C=O) groups is 2. The minimum Gasteiger partial charge on any atom is -0.353 e.